The van der Waals surface area contributed by atoms with Gasteiger partial charge in [-0.15, -0.1) is 5.10 Å². The molecule has 7 heteroatoms. The summed E-state index contributed by atoms with van der Waals surface area (Å²) in [5, 5.41) is 16.0. The molecule has 0 aliphatic carbocycles. The molecule has 0 radical (unpaired) electrons. The topological polar surface area (TPSA) is 68.5 Å². The molecule has 0 aliphatic rings. The fourth-order valence-corrected chi connectivity index (χ4v) is 2.41. The summed E-state index contributed by atoms with van der Waals surface area (Å²) >= 11 is 1.64. The monoisotopic (exact) mass is 278 g/mol. The Morgan fingerprint density at radius 3 is 2.89 bits per heavy atom. The molecule has 0 bridgehead atoms. The van der Waals surface area contributed by atoms with Crippen molar-refractivity contribution in [3.05, 3.63) is 30.1 Å². The maximum atomic E-state index is 4.05. The molecule has 0 amide bonds. The maximum Gasteiger partial charge on any atom is 0.209 e. The molecule has 0 atom stereocenters. The van der Waals surface area contributed by atoms with Gasteiger partial charge in [0.2, 0.25) is 5.16 Å². The second-order valence-corrected chi connectivity index (χ2v) is 5.02. The molecule has 0 saturated carbocycles. The first kappa shape index (κ1) is 14.0. The van der Waals surface area contributed by atoms with Crippen LogP contribution in [0.4, 0.5) is 0 Å². The van der Waals surface area contributed by atoms with Gasteiger partial charge in [0.25, 0.3) is 0 Å². The highest BCUT2D eigenvalue weighted by molar-refractivity contribution is 7.98. The lowest BCUT2D eigenvalue weighted by molar-refractivity contribution is 0.510. The van der Waals surface area contributed by atoms with Crippen molar-refractivity contribution >= 4 is 11.8 Å². The van der Waals surface area contributed by atoms with Crippen LogP contribution in [0.3, 0.4) is 0 Å². The van der Waals surface area contributed by atoms with Crippen molar-refractivity contribution in [2.75, 3.05) is 13.1 Å². The van der Waals surface area contributed by atoms with Crippen molar-refractivity contribution in [3.63, 3.8) is 0 Å². The summed E-state index contributed by atoms with van der Waals surface area (Å²) in [5.41, 5.74) is 1.22. The third-order valence-corrected chi connectivity index (χ3v) is 3.57. The minimum Gasteiger partial charge on any atom is -0.315 e. The van der Waals surface area contributed by atoms with E-state index in [9.17, 15) is 0 Å². The normalized spacial score (nSPS) is 10.8. The molecular weight excluding hydrogens is 260 g/mol. The maximum absolute atomic E-state index is 4.05. The van der Waals surface area contributed by atoms with E-state index in [1.54, 1.807) is 24.2 Å². The summed E-state index contributed by atoms with van der Waals surface area (Å²) in [6, 6.07) is 4.01. The van der Waals surface area contributed by atoms with Crippen molar-refractivity contribution in [2.24, 2.45) is 0 Å². The zero-order valence-electron chi connectivity index (χ0n) is 11.0. The van der Waals surface area contributed by atoms with E-state index in [1.807, 2.05) is 16.8 Å². The lowest BCUT2D eigenvalue weighted by atomic mass is 10.3. The van der Waals surface area contributed by atoms with Crippen LogP contribution in [0, 0.1) is 0 Å². The molecule has 6 nitrogen and oxygen atoms in total. The van der Waals surface area contributed by atoms with Crippen molar-refractivity contribution in [1.82, 2.24) is 30.5 Å². The van der Waals surface area contributed by atoms with Gasteiger partial charge in [0.15, 0.2) is 0 Å². The average Bonchev–Trinajstić information content (AvgIpc) is 2.90. The molecule has 0 unspecified atom stereocenters. The predicted molar refractivity (Wildman–Crippen MR) is 74.8 cm³/mol. The van der Waals surface area contributed by atoms with Crippen LogP contribution in [-0.2, 0) is 12.3 Å². The van der Waals surface area contributed by atoms with Crippen LogP contribution in [0.15, 0.2) is 29.7 Å². The highest BCUT2D eigenvalue weighted by atomic mass is 32.2. The summed E-state index contributed by atoms with van der Waals surface area (Å²) in [5.74, 6) is 0.852. The average molecular weight is 278 g/mol. The second kappa shape index (κ2) is 7.85. The summed E-state index contributed by atoms with van der Waals surface area (Å²) in [6.07, 6.45) is 4.74. The molecule has 0 aromatic carbocycles. The summed E-state index contributed by atoms with van der Waals surface area (Å²) in [6.45, 7) is 4.87. The first-order valence-corrected chi connectivity index (χ1v) is 7.37. The number of pyridine rings is 1. The van der Waals surface area contributed by atoms with Gasteiger partial charge in [-0.3, -0.25) is 4.98 Å². The molecule has 0 saturated heterocycles. The van der Waals surface area contributed by atoms with E-state index in [4.69, 9.17) is 0 Å². The lowest BCUT2D eigenvalue weighted by Gasteiger charge is -2.05. The second-order valence-electron chi connectivity index (χ2n) is 4.08. The number of nitrogens with zero attached hydrogens (tertiary/aromatic N) is 5. The van der Waals surface area contributed by atoms with Crippen LogP contribution in [-0.4, -0.2) is 38.3 Å². The zero-order chi connectivity index (χ0) is 13.3. The number of nitrogens with one attached hydrogen (secondary N) is 1. The Hall–Kier alpha value is -1.47. The molecule has 2 heterocycles. The highest BCUT2D eigenvalue weighted by Crippen LogP contribution is 2.18. The van der Waals surface area contributed by atoms with Crippen LogP contribution >= 0.6 is 11.8 Å². The van der Waals surface area contributed by atoms with Crippen molar-refractivity contribution < 1.29 is 0 Å². The minimum absolute atomic E-state index is 0.797. The Kier molecular flexibility index (Phi) is 5.77. The van der Waals surface area contributed by atoms with Gasteiger partial charge in [-0.2, -0.15) is 0 Å². The number of thioether (sulfide) groups is 1. The minimum atomic E-state index is 0.797. The Bertz CT molecular complexity index is 472. The van der Waals surface area contributed by atoms with Crippen LogP contribution in [0.2, 0.25) is 0 Å². The van der Waals surface area contributed by atoms with Crippen LogP contribution in [0.1, 0.15) is 18.9 Å². The van der Waals surface area contributed by atoms with E-state index in [0.717, 1.165) is 37.0 Å². The first-order valence-electron chi connectivity index (χ1n) is 6.38. The fourth-order valence-electron chi connectivity index (χ4n) is 1.55. The first-order chi connectivity index (χ1) is 9.40. The number of rotatable bonds is 8. The predicted octanol–water partition coefficient (Wildman–Crippen LogP) is 1.36. The fraction of sp³-hybridized carbons (Fsp3) is 0.500. The van der Waals surface area contributed by atoms with Crippen LogP contribution in [0.25, 0.3) is 0 Å². The van der Waals surface area contributed by atoms with E-state index in [-0.39, 0.29) is 0 Å². The number of tetrazole rings is 1. The van der Waals surface area contributed by atoms with Crippen LogP contribution < -0.4 is 5.32 Å². The molecule has 1 N–H and O–H groups in total. The van der Waals surface area contributed by atoms with Gasteiger partial charge in [-0.25, -0.2) is 4.68 Å². The molecule has 2 rings (SSSR count). The Morgan fingerprint density at radius 1 is 1.26 bits per heavy atom. The van der Waals surface area contributed by atoms with Gasteiger partial charge in [0.1, 0.15) is 0 Å². The number of aromatic nitrogens is 5. The zero-order valence-corrected chi connectivity index (χ0v) is 11.8. The van der Waals surface area contributed by atoms with E-state index < -0.39 is 0 Å². The van der Waals surface area contributed by atoms with E-state index in [1.165, 1.54) is 5.56 Å². The Morgan fingerprint density at radius 2 is 2.11 bits per heavy atom. The molecule has 0 spiro atoms. The van der Waals surface area contributed by atoms with Crippen molar-refractivity contribution in [2.45, 2.75) is 30.8 Å². The van der Waals surface area contributed by atoms with Crippen molar-refractivity contribution in [3.8, 4) is 0 Å². The largest absolute Gasteiger partial charge is 0.315 e. The molecule has 0 fully saturated rings. The number of hydrogen-bond acceptors (Lipinski definition) is 6. The van der Waals surface area contributed by atoms with E-state index in [0.29, 0.717) is 0 Å². The summed E-state index contributed by atoms with van der Waals surface area (Å²) in [4.78, 5) is 4.00. The quantitative estimate of drug-likeness (QED) is 0.581. The van der Waals surface area contributed by atoms with Gasteiger partial charge in [-0.1, -0.05) is 18.7 Å². The molecular formula is C12H18N6S. The molecule has 2 aromatic heterocycles. The van der Waals surface area contributed by atoms with Crippen molar-refractivity contribution in [1.29, 1.82) is 0 Å². The summed E-state index contributed by atoms with van der Waals surface area (Å²) in [7, 11) is 0. The van der Waals surface area contributed by atoms with Gasteiger partial charge in [0, 0.05) is 24.7 Å². The highest BCUT2D eigenvalue weighted by Gasteiger charge is 2.06. The molecule has 102 valence electrons. The molecule has 0 aliphatic heterocycles. The standard InChI is InChI=1S/C12H18N6S/c1-2-5-13-8-9-18-12(15-16-17-18)19-10-11-3-6-14-7-4-11/h3-4,6-7,13H,2,5,8-10H2,1H3. The van der Waals surface area contributed by atoms with Gasteiger partial charge in [0.05, 0.1) is 6.54 Å². The van der Waals surface area contributed by atoms with Gasteiger partial charge < -0.3 is 5.32 Å². The number of hydrogen-bond donors (Lipinski definition) is 1. The Labute approximate surface area is 117 Å². The Balaban J connectivity index is 1.82. The molecule has 19 heavy (non-hydrogen) atoms. The van der Waals surface area contributed by atoms with E-state index >= 15 is 0 Å². The van der Waals surface area contributed by atoms with Crippen LogP contribution in [0.5, 0.6) is 0 Å². The smallest absolute Gasteiger partial charge is 0.209 e. The lowest BCUT2D eigenvalue weighted by Crippen LogP contribution is -2.21. The SMILES string of the molecule is CCCNCCn1nnnc1SCc1ccncc1. The van der Waals surface area contributed by atoms with E-state index in [2.05, 4.69) is 32.7 Å². The van der Waals surface area contributed by atoms with Gasteiger partial charge >= 0.3 is 0 Å². The third kappa shape index (κ3) is 4.60. The molecule has 2 aromatic rings. The summed E-state index contributed by atoms with van der Waals surface area (Å²) < 4.78 is 1.84. The van der Waals surface area contributed by atoms with Gasteiger partial charge in [-0.05, 0) is 41.1 Å². The third-order valence-electron chi connectivity index (χ3n) is 2.54.